The van der Waals surface area contributed by atoms with Gasteiger partial charge in [-0.2, -0.15) is 0 Å². The summed E-state index contributed by atoms with van der Waals surface area (Å²) in [5, 5.41) is 9.40. The maximum atomic E-state index is 13.4. The Morgan fingerprint density at radius 2 is 2.07 bits per heavy atom. The highest BCUT2D eigenvalue weighted by molar-refractivity contribution is 6.30. The van der Waals surface area contributed by atoms with Gasteiger partial charge in [-0.1, -0.05) is 19.1 Å². The summed E-state index contributed by atoms with van der Waals surface area (Å²) in [7, 11) is 0. The number of nitrogens with one attached hydrogen (secondary N) is 1. The molecule has 164 valence electrons. The van der Waals surface area contributed by atoms with Crippen molar-refractivity contribution in [2.24, 2.45) is 5.92 Å². The average Bonchev–Trinajstić information content (AvgIpc) is 2.67. The van der Waals surface area contributed by atoms with E-state index < -0.39 is 11.0 Å². The monoisotopic (exact) mass is 434 g/mol. The van der Waals surface area contributed by atoms with Gasteiger partial charge in [0.25, 0.3) is 11.5 Å². The minimum Gasteiger partial charge on any atom is -0.396 e. The van der Waals surface area contributed by atoms with Gasteiger partial charge >= 0.3 is 0 Å². The third-order valence-corrected chi connectivity index (χ3v) is 6.67. The Labute approximate surface area is 182 Å². The number of aromatic nitrogens is 1. The van der Waals surface area contributed by atoms with Gasteiger partial charge < -0.3 is 19.7 Å². The molecular formula is C23H31ClN2O4. The van der Waals surface area contributed by atoms with Crippen LogP contribution in [0.5, 0.6) is 0 Å². The molecule has 30 heavy (non-hydrogen) atoms. The molecule has 1 aliphatic carbocycles. The first kappa shape index (κ1) is 22.8. The molecule has 0 bridgehead atoms. The Kier molecular flexibility index (Phi) is 6.60. The van der Waals surface area contributed by atoms with Crippen molar-refractivity contribution in [3.05, 3.63) is 56.5 Å². The van der Waals surface area contributed by atoms with Crippen molar-refractivity contribution in [1.29, 1.82) is 0 Å². The van der Waals surface area contributed by atoms with E-state index in [0.717, 1.165) is 16.8 Å². The lowest BCUT2D eigenvalue weighted by atomic mass is 9.81. The molecule has 0 radical (unpaired) electrons. The number of aromatic amines is 1. The van der Waals surface area contributed by atoms with E-state index in [1.54, 1.807) is 11.8 Å². The fraction of sp³-hybridized carbons (Fsp3) is 0.565. The summed E-state index contributed by atoms with van der Waals surface area (Å²) in [6.45, 7) is 10.1. The second-order valence-corrected chi connectivity index (χ2v) is 9.46. The second-order valence-electron chi connectivity index (χ2n) is 8.68. The highest BCUT2D eigenvalue weighted by atomic mass is 35.5. The third kappa shape index (κ3) is 4.27. The smallest absolute Gasteiger partial charge is 0.253 e. The number of pyridine rings is 1. The van der Waals surface area contributed by atoms with Crippen molar-refractivity contribution < 1.29 is 14.6 Å². The first-order chi connectivity index (χ1) is 14.1. The number of hydrogen-bond acceptors (Lipinski definition) is 4. The number of hydrogen-bond donors (Lipinski definition) is 2. The van der Waals surface area contributed by atoms with Crippen LogP contribution in [0.1, 0.15) is 44.0 Å². The van der Waals surface area contributed by atoms with E-state index >= 15 is 0 Å². The summed E-state index contributed by atoms with van der Waals surface area (Å²) in [6.07, 6.45) is 3.81. The normalized spacial score (nSPS) is 26.0. The number of nitrogens with zero attached hydrogens (tertiary/aromatic N) is 1. The Balaban J connectivity index is 1.85. The predicted octanol–water partition coefficient (Wildman–Crippen LogP) is 2.99. The summed E-state index contributed by atoms with van der Waals surface area (Å²) in [6, 6.07) is 1.92. The van der Waals surface area contributed by atoms with Crippen molar-refractivity contribution in [1.82, 2.24) is 9.88 Å². The van der Waals surface area contributed by atoms with Crippen LogP contribution in [0.2, 0.25) is 0 Å². The highest BCUT2D eigenvalue weighted by Gasteiger charge is 2.46. The van der Waals surface area contributed by atoms with Gasteiger partial charge in [-0.25, -0.2) is 0 Å². The number of aliphatic hydroxyl groups is 1. The first-order valence-electron chi connectivity index (χ1n) is 10.4. The molecular weight excluding hydrogens is 404 g/mol. The molecule has 2 heterocycles. The van der Waals surface area contributed by atoms with Gasteiger partial charge in [-0.3, -0.25) is 9.59 Å². The van der Waals surface area contributed by atoms with Gasteiger partial charge in [0.15, 0.2) is 0 Å². The lowest BCUT2D eigenvalue weighted by Crippen LogP contribution is -2.50. The Morgan fingerprint density at radius 3 is 2.70 bits per heavy atom. The van der Waals surface area contributed by atoms with Crippen molar-refractivity contribution in [2.45, 2.75) is 64.7 Å². The van der Waals surface area contributed by atoms with Crippen LogP contribution < -0.4 is 5.56 Å². The van der Waals surface area contributed by atoms with Crippen molar-refractivity contribution in [3.8, 4) is 0 Å². The van der Waals surface area contributed by atoms with Crippen molar-refractivity contribution >= 4 is 17.5 Å². The Bertz CT molecular complexity index is 947. The molecule has 0 saturated heterocycles. The lowest BCUT2D eigenvalue weighted by Gasteiger charge is -2.42. The van der Waals surface area contributed by atoms with Crippen LogP contribution in [-0.2, 0) is 16.1 Å². The number of ether oxygens (including phenoxy) is 1. The molecule has 3 rings (SSSR count). The minimum absolute atomic E-state index is 0.0156. The lowest BCUT2D eigenvalue weighted by molar-refractivity contribution is -0.129. The fourth-order valence-corrected chi connectivity index (χ4v) is 4.43. The molecule has 6 nitrogen and oxygen atoms in total. The molecule has 2 aliphatic rings. The Morgan fingerprint density at radius 1 is 1.37 bits per heavy atom. The van der Waals surface area contributed by atoms with E-state index in [-0.39, 0.29) is 36.6 Å². The number of H-pyrrole nitrogens is 1. The third-order valence-electron chi connectivity index (χ3n) is 6.26. The molecule has 0 spiro atoms. The van der Waals surface area contributed by atoms with Crippen molar-refractivity contribution in [3.63, 3.8) is 0 Å². The number of alkyl halides is 1. The van der Waals surface area contributed by atoms with Crippen LogP contribution in [0.15, 0.2) is 34.2 Å². The number of rotatable bonds is 6. The number of allylic oxidation sites excluding steroid dienone is 1. The van der Waals surface area contributed by atoms with Crippen LogP contribution in [0.3, 0.4) is 0 Å². The quantitative estimate of drug-likeness (QED) is 0.674. The van der Waals surface area contributed by atoms with E-state index in [2.05, 4.69) is 4.98 Å². The molecule has 7 heteroatoms. The molecule has 1 aliphatic heterocycles. The zero-order chi connectivity index (χ0) is 22.2. The molecule has 0 fully saturated rings. The Hall–Kier alpha value is -1.89. The van der Waals surface area contributed by atoms with Gasteiger partial charge in [-0.05, 0) is 51.3 Å². The summed E-state index contributed by atoms with van der Waals surface area (Å²) >= 11 is 6.94. The number of halogens is 1. The molecule has 1 aromatic heterocycles. The molecule has 0 saturated carbocycles. The summed E-state index contributed by atoms with van der Waals surface area (Å²) in [4.78, 5) is 29.4. The molecule has 1 aromatic rings. The summed E-state index contributed by atoms with van der Waals surface area (Å²) in [5.74, 6) is -0.204. The predicted molar refractivity (Wildman–Crippen MR) is 118 cm³/mol. The summed E-state index contributed by atoms with van der Waals surface area (Å²) in [5.41, 5.74) is 3.56. The maximum Gasteiger partial charge on any atom is 0.253 e. The highest BCUT2D eigenvalue weighted by Crippen LogP contribution is 2.42. The van der Waals surface area contributed by atoms with Crippen LogP contribution in [0.25, 0.3) is 0 Å². The fourth-order valence-electron chi connectivity index (χ4n) is 4.10. The molecule has 4 atom stereocenters. The molecule has 2 unspecified atom stereocenters. The van der Waals surface area contributed by atoms with Gasteiger partial charge in [0.05, 0.1) is 18.8 Å². The van der Waals surface area contributed by atoms with Crippen LogP contribution >= 0.6 is 11.6 Å². The van der Waals surface area contributed by atoms with E-state index in [9.17, 15) is 14.7 Å². The van der Waals surface area contributed by atoms with Gasteiger partial charge in [0.2, 0.25) is 0 Å². The van der Waals surface area contributed by atoms with E-state index in [0.29, 0.717) is 24.1 Å². The SMILES string of the molecule is Cc1cc(C)c(CN2CCC3=C(C2=O)C(C)(Cl)C(O[C@H](C)[C@H](C)CO)C=C3)c(=O)[nH]1. The molecule has 0 aromatic carbocycles. The van der Waals surface area contributed by atoms with E-state index in [1.807, 2.05) is 45.9 Å². The minimum atomic E-state index is -1.03. The van der Waals surface area contributed by atoms with E-state index in [1.165, 1.54) is 0 Å². The van der Waals surface area contributed by atoms with Gasteiger partial charge in [0.1, 0.15) is 4.87 Å². The zero-order valence-corrected chi connectivity index (χ0v) is 19.0. The average molecular weight is 435 g/mol. The van der Waals surface area contributed by atoms with Gasteiger partial charge in [0, 0.05) is 35.9 Å². The number of carbonyl (C=O) groups excluding carboxylic acids is 1. The standard InChI is InChI=1S/C23H31ClN2O4/c1-13-10-15(3)25-21(28)18(13)11-26-9-8-17-6-7-19(30-16(4)14(2)12-27)23(5,24)20(17)22(26)29/h6-7,10,14,16,19,27H,8-9,11-12H2,1-5H3,(H,25,28)/t14-,16-,19?,23?/m1/s1. The molecule has 1 amide bonds. The van der Waals surface area contributed by atoms with E-state index in [4.69, 9.17) is 16.3 Å². The molecule has 2 N–H and O–H groups in total. The number of aryl methyl sites for hydroxylation is 2. The van der Waals surface area contributed by atoms with Crippen LogP contribution in [0, 0.1) is 19.8 Å². The maximum absolute atomic E-state index is 13.4. The second kappa shape index (κ2) is 8.69. The topological polar surface area (TPSA) is 82.6 Å². The van der Waals surface area contributed by atoms with Crippen molar-refractivity contribution in [2.75, 3.05) is 13.2 Å². The number of aliphatic hydroxyl groups excluding tert-OH is 1. The zero-order valence-electron chi connectivity index (χ0n) is 18.3. The summed E-state index contributed by atoms with van der Waals surface area (Å²) < 4.78 is 6.12. The first-order valence-corrected chi connectivity index (χ1v) is 10.8. The number of amides is 1. The van der Waals surface area contributed by atoms with Gasteiger partial charge in [-0.15, -0.1) is 11.6 Å². The number of carbonyl (C=O) groups is 1. The van der Waals surface area contributed by atoms with Crippen LogP contribution in [0.4, 0.5) is 0 Å². The largest absolute Gasteiger partial charge is 0.396 e. The van der Waals surface area contributed by atoms with Crippen LogP contribution in [-0.4, -0.2) is 51.1 Å².